The van der Waals surface area contributed by atoms with Crippen molar-refractivity contribution in [3.05, 3.63) is 0 Å². The topological polar surface area (TPSA) is 18.5 Å². The van der Waals surface area contributed by atoms with Crippen LogP contribution in [-0.2, 0) is 0 Å². The molecule has 1 N–H and O–H groups in total. The van der Waals surface area contributed by atoms with Gasteiger partial charge in [0.05, 0.1) is 0 Å². The lowest BCUT2D eigenvalue weighted by Crippen LogP contribution is -2.53. The lowest BCUT2D eigenvalue weighted by atomic mass is 10.0. The number of nitrogens with one attached hydrogen (secondary N) is 1. The van der Waals surface area contributed by atoms with Crippen molar-refractivity contribution < 1.29 is 0 Å². The van der Waals surface area contributed by atoms with Crippen molar-refractivity contribution in [2.45, 2.75) is 52.6 Å². The SMILES string of the molecule is CC(C)C1CNCCN1CCCCN(C)C(C)C. The number of rotatable bonds is 7. The molecule has 0 aromatic carbocycles. The first kappa shape index (κ1) is 15.9. The van der Waals surface area contributed by atoms with Crippen LogP contribution < -0.4 is 5.32 Å². The van der Waals surface area contributed by atoms with Gasteiger partial charge >= 0.3 is 0 Å². The zero-order chi connectivity index (χ0) is 13.5. The fourth-order valence-corrected chi connectivity index (χ4v) is 2.64. The van der Waals surface area contributed by atoms with E-state index in [9.17, 15) is 0 Å². The summed E-state index contributed by atoms with van der Waals surface area (Å²) in [5.41, 5.74) is 0. The lowest BCUT2D eigenvalue weighted by Gasteiger charge is -2.38. The third-order valence-electron chi connectivity index (χ3n) is 4.26. The normalized spacial score (nSPS) is 22.3. The van der Waals surface area contributed by atoms with E-state index >= 15 is 0 Å². The summed E-state index contributed by atoms with van der Waals surface area (Å²) >= 11 is 0. The second kappa shape index (κ2) is 8.13. The summed E-state index contributed by atoms with van der Waals surface area (Å²) in [6.07, 6.45) is 2.66. The Morgan fingerprint density at radius 3 is 2.56 bits per heavy atom. The fraction of sp³-hybridized carbons (Fsp3) is 1.00. The van der Waals surface area contributed by atoms with Crippen LogP contribution in [0.15, 0.2) is 0 Å². The maximum Gasteiger partial charge on any atom is 0.0244 e. The lowest BCUT2D eigenvalue weighted by molar-refractivity contribution is 0.120. The molecule has 0 radical (unpaired) electrons. The Balaban J connectivity index is 2.20. The van der Waals surface area contributed by atoms with Gasteiger partial charge in [0.2, 0.25) is 0 Å². The van der Waals surface area contributed by atoms with Crippen LogP contribution in [0.4, 0.5) is 0 Å². The molecule has 0 saturated carbocycles. The Hall–Kier alpha value is -0.120. The van der Waals surface area contributed by atoms with Gasteiger partial charge in [0.15, 0.2) is 0 Å². The van der Waals surface area contributed by atoms with Crippen LogP contribution in [0.5, 0.6) is 0 Å². The van der Waals surface area contributed by atoms with E-state index < -0.39 is 0 Å². The van der Waals surface area contributed by atoms with Gasteiger partial charge in [-0.2, -0.15) is 0 Å². The standard InChI is InChI=1S/C15H33N3/c1-13(2)15-12-16-8-11-18(15)10-7-6-9-17(5)14(3)4/h13-16H,6-12H2,1-5H3. The maximum absolute atomic E-state index is 3.52. The molecule has 1 heterocycles. The van der Waals surface area contributed by atoms with Crippen LogP contribution >= 0.6 is 0 Å². The molecular weight excluding hydrogens is 222 g/mol. The quantitative estimate of drug-likeness (QED) is 0.702. The van der Waals surface area contributed by atoms with Crippen molar-refractivity contribution in [1.29, 1.82) is 0 Å². The highest BCUT2D eigenvalue weighted by Gasteiger charge is 2.23. The average Bonchev–Trinajstić information content (AvgIpc) is 2.34. The number of hydrogen-bond acceptors (Lipinski definition) is 3. The molecule has 0 amide bonds. The molecule has 108 valence electrons. The van der Waals surface area contributed by atoms with Gasteiger partial charge in [0, 0.05) is 31.7 Å². The predicted molar refractivity (Wildman–Crippen MR) is 80.1 cm³/mol. The molecule has 0 spiro atoms. The van der Waals surface area contributed by atoms with E-state index in [4.69, 9.17) is 0 Å². The van der Waals surface area contributed by atoms with Gasteiger partial charge in [0.1, 0.15) is 0 Å². The van der Waals surface area contributed by atoms with Crippen molar-refractivity contribution in [3.8, 4) is 0 Å². The van der Waals surface area contributed by atoms with Gasteiger partial charge in [-0.1, -0.05) is 13.8 Å². The zero-order valence-corrected chi connectivity index (χ0v) is 13.1. The van der Waals surface area contributed by atoms with Crippen LogP contribution in [0.25, 0.3) is 0 Å². The highest BCUT2D eigenvalue weighted by Crippen LogP contribution is 2.13. The Morgan fingerprint density at radius 2 is 1.94 bits per heavy atom. The molecule has 3 heteroatoms. The van der Waals surface area contributed by atoms with Crippen molar-refractivity contribution in [3.63, 3.8) is 0 Å². The smallest absolute Gasteiger partial charge is 0.0244 e. The zero-order valence-electron chi connectivity index (χ0n) is 13.1. The van der Waals surface area contributed by atoms with E-state index in [0.29, 0.717) is 6.04 Å². The molecule has 1 rings (SSSR count). The number of piperazine rings is 1. The van der Waals surface area contributed by atoms with Crippen LogP contribution in [0.1, 0.15) is 40.5 Å². The van der Waals surface area contributed by atoms with Gasteiger partial charge in [-0.3, -0.25) is 4.90 Å². The molecule has 1 atom stereocenters. The van der Waals surface area contributed by atoms with E-state index in [1.54, 1.807) is 0 Å². The first-order valence-electron chi connectivity index (χ1n) is 7.67. The van der Waals surface area contributed by atoms with Gasteiger partial charge in [0.25, 0.3) is 0 Å². The molecule has 0 bridgehead atoms. The molecule has 0 aromatic heterocycles. The second-order valence-corrected chi connectivity index (χ2v) is 6.33. The summed E-state index contributed by atoms with van der Waals surface area (Å²) in [5, 5.41) is 3.52. The third kappa shape index (κ3) is 5.25. The summed E-state index contributed by atoms with van der Waals surface area (Å²) in [4.78, 5) is 5.13. The highest BCUT2D eigenvalue weighted by molar-refractivity contribution is 4.81. The van der Waals surface area contributed by atoms with Crippen molar-refractivity contribution >= 4 is 0 Å². The molecule has 1 fully saturated rings. The molecule has 3 nitrogen and oxygen atoms in total. The van der Waals surface area contributed by atoms with E-state index in [0.717, 1.165) is 18.5 Å². The molecule has 0 aliphatic carbocycles. The molecule has 1 aliphatic rings. The minimum atomic E-state index is 0.674. The largest absolute Gasteiger partial charge is 0.314 e. The summed E-state index contributed by atoms with van der Waals surface area (Å²) in [6, 6.07) is 1.41. The first-order valence-corrected chi connectivity index (χ1v) is 7.67. The number of hydrogen-bond donors (Lipinski definition) is 1. The summed E-state index contributed by atoms with van der Waals surface area (Å²) < 4.78 is 0. The molecule has 0 aromatic rings. The summed E-state index contributed by atoms with van der Waals surface area (Å²) in [6.45, 7) is 15.3. The summed E-state index contributed by atoms with van der Waals surface area (Å²) in [7, 11) is 2.23. The van der Waals surface area contributed by atoms with E-state index in [1.807, 2.05) is 0 Å². The molecule has 1 unspecified atom stereocenters. The molecule has 1 aliphatic heterocycles. The summed E-state index contributed by atoms with van der Waals surface area (Å²) in [5.74, 6) is 0.760. The van der Waals surface area contributed by atoms with Crippen LogP contribution in [-0.4, -0.2) is 61.7 Å². The fourth-order valence-electron chi connectivity index (χ4n) is 2.64. The van der Waals surface area contributed by atoms with Gasteiger partial charge in [-0.05, 0) is 52.7 Å². The third-order valence-corrected chi connectivity index (χ3v) is 4.26. The monoisotopic (exact) mass is 255 g/mol. The van der Waals surface area contributed by atoms with Crippen molar-refractivity contribution in [2.24, 2.45) is 5.92 Å². The second-order valence-electron chi connectivity index (χ2n) is 6.33. The van der Waals surface area contributed by atoms with Crippen LogP contribution in [0.2, 0.25) is 0 Å². The molecule has 18 heavy (non-hydrogen) atoms. The van der Waals surface area contributed by atoms with Crippen LogP contribution in [0, 0.1) is 5.92 Å². The van der Waals surface area contributed by atoms with E-state index in [1.165, 1.54) is 39.0 Å². The van der Waals surface area contributed by atoms with E-state index in [2.05, 4.69) is 49.9 Å². The predicted octanol–water partition coefficient (Wildman–Crippen LogP) is 2.04. The first-order chi connectivity index (χ1) is 8.52. The number of unbranched alkanes of at least 4 members (excludes halogenated alkanes) is 1. The van der Waals surface area contributed by atoms with Crippen LogP contribution in [0.3, 0.4) is 0 Å². The van der Waals surface area contributed by atoms with Gasteiger partial charge < -0.3 is 10.2 Å². The average molecular weight is 255 g/mol. The minimum absolute atomic E-state index is 0.674. The Bertz CT molecular complexity index is 216. The Morgan fingerprint density at radius 1 is 1.22 bits per heavy atom. The maximum atomic E-state index is 3.52. The van der Waals surface area contributed by atoms with Gasteiger partial charge in [-0.25, -0.2) is 0 Å². The van der Waals surface area contributed by atoms with E-state index in [-0.39, 0.29) is 0 Å². The molecule has 1 saturated heterocycles. The Labute approximate surface area is 114 Å². The minimum Gasteiger partial charge on any atom is -0.314 e. The Kier molecular flexibility index (Phi) is 7.20. The highest BCUT2D eigenvalue weighted by atomic mass is 15.2. The van der Waals surface area contributed by atoms with Gasteiger partial charge in [-0.15, -0.1) is 0 Å². The van der Waals surface area contributed by atoms with Crippen molar-refractivity contribution in [2.75, 3.05) is 39.8 Å². The molecular formula is C15H33N3. The van der Waals surface area contributed by atoms with Crippen molar-refractivity contribution in [1.82, 2.24) is 15.1 Å². The number of nitrogens with zero attached hydrogens (tertiary/aromatic N) is 2.